The maximum absolute atomic E-state index is 12.3. The third-order valence-electron chi connectivity index (χ3n) is 3.26. The molecule has 2 aromatic rings. The van der Waals surface area contributed by atoms with Crippen molar-refractivity contribution < 1.29 is 34.7 Å². The molecular formula is C15H13Br2F3N2O5S2. The van der Waals surface area contributed by atoms with Crippen LogP contribution in [0.1, 0.15) is 0 Å². The Balaban J connectivity index is 1.96. The summed E-state index contributed by atoms with van der Waals surface area (Å²) in [6, 6.07) is 8.14. The van der Waals surface area contributed by atoms with E-state index in [0.29, 0.717) is 8.95 Å². The minimum Gasteiger partial charge on any atom is -0.406 e. The van der Waals surface area contributed by atoms with E-state index in [1.807, 2.05) is 0 Å². The number of halogens is 5. The highest BCUT2D eigenvalue weighted by Gasteiger charge is 2.31. The summed E-state index contributed by atoms with van der Waals surface area (Å²) in [4.78, 5) is -0.334. The van der Waals surface area contributed by atoms with E-state index in [4.69, 9.17) is 0 Å². The predicted octanol–water partition coefficient (Wildman–Crippen LogP) is 3.37. The lowest BCUT2D eigenvalue weighted by molar-refractivity contribution is -0.274. The molecule has 160 valence electrons. The average molecular weight is 582 g/mol. The number of rotatable bonds is 8. The molecule has 0 heterocycles. The van der Waals surface area contributed by atoms with Gasteiger partial charge in [-0.05, 0) is 58.4 Å². The van der Waals surface area contributed by atoms with Crippen LogP contribution in [-0.2, 0) is 20.0 Å². The third kappa shape index (κ3) is 7.22. The van der Waals surface area contributed by atoms with Crippen LogP contribution in [0.5, 0.6) is 5.75 Å². The molecule has 0 saturated heterocycles. The van der Waals surface area contributed by atoms with Crippen LogP contribution in [0, 0.1) is 0 Å². The van der Waals surface area contributed by atoms with Crippen LogP contribution in [0.15, 0.2) is 61.2 Å². The van der Waals surface area contributed by atoms with Gasteiger partial charge in [-0.15, -0.1) is 13.2 Å². The summed E-state index contributed by atoms with van der Waals surface area (Å²) in [7, 11) is -7.96. The van der Waals surface area contributed by atoms with Gasteiger partial charge in [0.05, 0.1) is 9.79 Å². The summed E-state index contributed by atoms with van der Waals surface area (Å²) < 4.78 is 94.3. The molecule has 7 nitrogen and oxygen atoms in total. The lowest BCUT2D eigenvalue weighted by Gasteiger charge is -2.11. The lowest BCUT2D eigenvalue weighted by Crippen LogP contribution is -2.34. The second-order valence-electron chi connectivity index (χ2n) is 5.39. The summed E-state index contributed by atoms with van der Waals surface area (Å²) >= 11 is 6.30. The first-order chi connectivity index (χ1) is 13.3. The Hall–Kier alpha value is -1.19. The molecule has 0 unspecified atom stereocenters. The molecule has 0 radical (unpaired) electrons. The van der Waals surface area contributed by atoms with Gasteiger partial charge in [0.1, 0.15) is 5.75 Å². The highest BCUT2D eigenvalue weighted by Crippen LogP contribution is 2.26. The molecule has 0 spiro atoms. The van der Waals surface area contributed by atoms with Crippen LogP contribution < -0.4 is 14.2 Å². The second-order valence-corrected chi connectivity index (χ2v) is 10.7. The Morgan fingerprint density at radius 2 is 1.41 bits per heavy atom. The first kappa shape index (κ1) is 24.1. The quantitative estimate of drug-likeness (QED) is 0.466. The molecule has 0 aliphatic carbocycles. The van der Waals surface area contributed by atoms with Gasteiger partial charge in [0, 0.05) is 22.0 Å². The summed E-state index contributed by atoms with van der Waals surface area (Å²) in [6.07, 6.45) is -4.89. The van der Waals surface area contributed by atoms with Crippen LogP contribution in [0.3, 0.4) is 0 Å². The zero-order valence-corrected chi connectivity index (χ0v) is 19.0. The second kappa shape index (κ2) is 9.31. The first-order valence-electron chi connectivity index (χ1n) is 7.60. The molecule has 0 bridgehead atoms. The van der Waals surface area contributed by atoms with Crippen molar-refractivity contribution in [1.82, 2.24) is 9.44 Å². The van der Waals surface area contributed by atoms with Crippen molar-refractivity contribution in [2.24, 2.45) is 0 Å². The molecule has 0 aliphatic rings. The third-order valence-corrected chi connectivity index (χ3v) is 7.68. The Bertz CT molecular complexity index is 1080. The van der Waals surface area contributed by atoms with Crippen molar-refractivity contribution >= 4 is 51.9 Å². The molecule has 0 aromatic heterocycles. The number of sulfonamides is 2. The maximum Gasteiger partial charge on any atom is 0.573 e. The molecule has 2 rings (SSSR count). The van der Waals surface area contributed by atoms with E-state index in [-0.39, 0.29) is 22.9 Å². The van der Waals surface area contributed by atoms with Gasteiger partial charge in [-0.1, -0.05) is 15.9 Å². The molecule has 14 heteroatoms. The minimum atomic E-state index is -4.89. The monoisotopic (exact) mass is 580 g/mol. The van der Waals surface area contributed by atoms with Gasteiger partial charge in [0.2, 0.25) is 20.0 Å². The van der Waals surface area contributed by atoms with Crippen molar-refractivity contribution in [2.45, 2.75) is 16.2 Å². The highest BCUT2D eigenvalue weighted by atomic mass is 79.9. The van der Waals surface area contributed by atoms with E-state index < -0.39 is 32.2 Å². The molecule has 0 amide bonds. The topological polar surface area (TPSA) is 102 Å². The van der Waals surface area contributed by atoms with Gasteiger partial charge >= 0.3 is 6.36 Å². The van der Waals surface area contributed by atoms with Gasteiger partial charge in [-0.3, -0.25) is 0 Å². The Morgan fingerprint density at radius 1 is 0.862 bits per heavy atom. The lowest BCUT2D eigenvalue weighted by atomic mass is 10.3. The smallest absolute Gasteiger partial charge is 0.406 e. The molecule has 2 aromatic carbocycles. The fourth-order valence-electron chi connectivity index (χ4n) is 2.04. The Labute approximate surface area is 182 Å². The van der Waals surface area contributed by atoms with Crippen LogP contribution in [0.25, 0.3) is 0 Å². The van der Waals surface area contributed by atoms with E-state index in [9.17, 15) is 30.0 Å². The van der Waals surface area contributed by atoms with Gasteiger partial charge in [0.15, 0.2) is 0 Å². The fourth-order valence-corrected chi connectivity index (χ4v) is 5.60. The minimum absolute atomic E-state index is 0.0324. The van der Waals surface area contributed by atoms with Crippen LogP contribution >= 0.6 is 31.9 Å². The zero-order chi connectivity index (χ0) is 21.9. The molecule has 29 heavy (non-hydrogen) atoms. The van der Waals surface area contributed by atoms with Crippen molar-refractivity contribution in [1.29, 1.82) is 0 Å². The van der Waals surface area contributed by atoms with E-state index in [1.165, 1.54) is 12.1 Å². The number of nitrogens with one attached hydrogen (secondary N) is 2. The van der Waals surface area contributed by atoms with E-state index in [0.717, 1.165) is 24.3 Å². The molecule has 0 aliphatic heterocycles. The zero-order valence-electron chi connectivity index (χ0n) is 14.2. The average Bonchev–Trinajstić information content (AvgIpc) is 2.60. The maximum atomic E-state index is 12.3. The summed E-state index contributed by atoms with van der Waals surface area (Å²) in [5.74, 6) is -0.566. The number of alkyl halides is 3. The van der Waals surface area contributed by atoms with Crippen molar-refractivity contribution in [3.05, 3.63) is 51.4 Å². The highest BCUT2D eigenvalue weighted by molar-refractivity contribution is 9.11. The first-order valence-corrected chi connectivity index (χ1v) is 12.2. The predicted molar refractivity (Wildman–Crippen MR) is 105 cm³/mol. The number of hydrogen-bond donors (Lipinski definition) is 2. The number of hydrogen-bond acceptors (Lipinski definition) is 5. The SMILES string of the molecule is O=S(=O)(NCCNS(=O)(=O)c1cc(Br)ccc1Br)c1ccc(OC(F)(F)F)cc1. The van der Waals surface area contributed by atoms with Crippen LogP contribution in [0.2, 0.25) is 0 Å². The number of ether oxygens (including phenoxy) is 1. The van der Waals surface area contributed by atoms with E-state index in [2.05, 4.69) is 46.0 Å². The summed E-state index contributed by atoms with van der Waals surface area (Å²) in [5, 5.41) is 0. The van der Waals surface area contributed by atoms with Gasteiger partial charge in [-0.2, -0.15) is 0 Å². The molecular weight excluding hydrogens is 569 g/mol. The normalized spacial score (nSPS) is 12.7. The number of benzene rings is 2. The largest absolute Gasteiger partial charge is 0.573 e. The van der Waals surface area contributed by atoms with E-state index >= 15 is 0 Å². The van der Waals surface area contributed by atoms with Gasteiger partial charge in [-0.25, -0.2) is 26.3 Å². The van der Waals surface area contributed by atoms with Crippen molar-refractivity contribution in [2.75, 3.05) is 13.1 Å². The van der Waals surface area contributed by atoms with Crippen molar-refractivity contribution in [3.63, 3.8) is 0 Å². The molecule has 0 saturated carbocycles. The Morgan fingerprint density at radius 3 is 1.97 bits per heavy atom. The van der Waals surface area contributed by atoms with Crippen LogP contribution in [-0.4, -0.2) is 36.3 Å². The standard InChI is InChI=1S/C15H13Br2F3N2O5S2/c16-10-1-6-13(17)14(9-10)29(25,26)22-8-7-21-28(23,24)12-4-2-11(3-5-12)27-15(18,19)20/h1-6,9,21-22H,7-8H2. The van der Waals surface area contributed by atoms with Gasteiger partial charge < -0.3 is 4.74 Å². The molecule has 2 N–H and O–H groups in total. The summed E-state index contributed by atoms with van der Waals surface area (Å²) in [6.45, 7) is -0.538. The van der Waals surface area contributed by atoms with Gasteiger partial charge in [0.25, 0.3) is 0 Å². The van der Waals surface area contributed by atoms with Crippen molar-refractivity contribution in [3.8, 4) is 5.75 Å². The Kier molecular flexibility index (Phi) is 7.73. The van der Waals surface area contributed by atoms with E-state index in [1.54, 1.807) is 6.07 Å². The molecule has 0 atom stereocenters. The van der Waals surface area contributed by atoms with Crippen LogP contribution in [0.4, 0.5) is 13.2 Å². The molecule has 0 fully saturated rings. The fraction of sp³-hybridized carbons (Fsp3) is 0.200. The summed E-state index contributed by atoms with van der Waals surface area (Å²) in [5.41, 5.74) is 0.